The van der Waals surface area contributed by atoms with Crippen LogP contribution in [-0.2, 0) is 0 Å². The van der Waals surface area contributed by atoms with Gasteiger partial charge in [-0.15, -0.1) is 0 Å². The van der Waals surface area contributed by atoms with Crippen LogP contribution in [-0.4, -0.2) is 44.7 Å². The molecular weight excluding hydrogens is 502 g/mol. The fourth-order valence-electron chi connectivity index (χ4n) is 4.97. The molecule has 1 aliphatic rings. The van der Waals surface area contributed by atoms with Crippen LogP contribution >= 0.6 is 0 Å². The summed E-state index contributed by atoms with van der Waals surface area (Å²) >= 11 is 0. The lowest BCUT2D eigenvalue weighted by Gasteiger charge is -2.12. The highest BCUT2D eigenvalue weighted by atomic mass is 15.1. The second-order valence-electron chi connectivity index (χ2n) is 10.6. The van der Waals surface area contributed by atoms with Crippen molar-refractivity contribution in [2.75, 3.05) is 38.0 Å². The van der Waals surface area contributed by atoms with Gasteiger partial charge in [-0.2, -0.15) is 0 Å². The number of hydrogen-bond donors (Lipinski definition) is 1. The van der Waals surface area contributed by atoms with Gasteiger partial charge in [0.1, 0.15) is 5.82 Å². The number of amidine groups is 1. The molecule has 0 saturated heterocycles. The Labute approximate surface area is 241 Å². The van der Waals surface area contributed by atoms with Gasteiger partial charge in [-0.1, -0.05) is 84.9 Å². The third kappa shape index (κ3) is 5.48. The van der Waals surface area contributed by atoms with Crippen molar-refractivity contribution in [1.82, 2.24) is 4.98 Å². The lowest BCUT2D eigenvalue weighted by atomic mass is 10.0. The zero-order valence-electron chi connectivity index (χ0n) is 23.8. The minimum absolute atomic E-state index is 0.691. The van der Waals surface area contributed by atoms with Crippen molar-refractivity contribution >= 4 is 34.3 Å². The molecule has 5 nitrogen and oxygen atoms in total. The minimum Gasteiger partial charge on any atom is -0.378 e. The first-order valence-electron chi connectivity index (χ1n) is 13.7. The molecule has 0 bridgehead atoms. The van der Waals surface area contributed by atoms with Crippen molar-refractivity contribution in [2.24, 2.45) is 9.98 Å². The number of aliphatic imine (C=N–C) groups is 2. The first-order valence-corrected chi connectivity index (χ1v) is 13.7. The Morgan fingerprint density at radius 2 is 1.12 bits per heavy atom. The van der Waals surface area contributed by atoms with Gasteiger partial charge in [0.15, 0.2) is 5.84 Å². The van der Waals surface area contributed by atoms with E-state index in [1.165, 1.54) is 0 Å². The van der Waals surface area contributed by atoms with Crippen LogP contribution in [0.2, 0.25) is 0 Å². The van der Waals surface area contributed by atoms with Crippen molar-refractivity contribution in [3.8, 4) is 22.4 Å². The third-order valence-electron chi connectivity index (χ3n) is 7.31. The van der Waals surface area contributed by atoms with Gasteiger partial charge in [-0.05, 0) is 53.1 Å². The topological polar surface area (TPSA) is 47.0 Å². The molecule has 0 fully saturated rings. The molecule has 1 N–H and O–H groups in total. The van der Waals surface area contributed by atoms with Crippen LogP contribution in [0.3, 0.4) is 0 Å². The summed E-state index contributed by atoms with van der Waals surface area (Å²) < 4.78 is 0. The standard InChI is InChI=1S/C36H33N5/c1-40(2)29-19-15-27(16-20-29)33-23-31(25-11-7-5-8-12-25)35(37-33)39-36-32(26-13-9-6-10-14-26)24-34(38-36)28-17-21-30(22-18-28)41(3)4/h5-24,37H,1-4H3. The molecule has 0 atom stereocenters. The number of H-pyrrole nitrogens is 1. The van der Waals surface area contributed by atoms with Gasteiger partial charge in [-0.3, -0.25) is 0 Å². The first kappa shape index (κ1) is 26.1. The molecule has 0 unspecified atom stereocenters. The molecule has 0 aliphatic carbocycles. The number of nitrogens with one attached hydrogen (secondary N) is 1. The summed E-state index contributed by atoms with van der Waals surface area (Å²) in [7, 11) is 8.20. The first-order chi connectivity index (χ1) is 20.0. The van der Waals surface area contributed by atoms with E-state index >= 15 is 0 Å². The van der Waals surface area contributed by atoms with Gasteiger partial charge < -0.3 is 14.8 Å². The van der Waals surface area contributed by atoms with Gasteiger partial charge in [-0.25, -0.2) is 9.98 Å². The number of rotatable bonds is 7. The summed E-state index contributed by atoms with van der Waals surface area (Å²) in [6.45, 7) is 0. The van der Waals surface area contributed by atoms with Gasteiger partial charge >= 0.3 is 0 Å². The predicted octanol–water partition coefficient (Wildman–Crippen LogP) is 8.10. The van der Waals surface area contributed by atoms with Crippen molar-refractivity contribution in [3.05, 3.63) is 132 Å². The number of hydrogen-bond acceptors (Lipinski definition) is 3. The Morgan fingerprint density at radius 1 is 0.585 bits per heavy atom. The Kier molecular flexibility index (Phi) is 7.09. The molecule has 1 aromatic heterocycles. The van der Waals surface area contributed by atoms with Crippen molar-refractivity contribution in [3.63, 3.8) is 0 Å². The van der Waals surface area contributed by atoms with Crippen LogP contribution in [0.5, 0.6) is 0 Å². The van der Waals surface area contributed by atoms with E-state index < -0.39 is 0 Å². The second kappa shape index (κ2) is 11.1. The van der Waals surface area contributed by atoms with Crippen LogP contribution in [0.4, 0.5) is 17.2 Å². The Balaban J connectivity index is 1.47. The molecule has 202 valence electrons. The lowest BCUT2D eigenvalue weighted by molar-refractivity contribution is 1.13. The molecule has 5 aromatic rings. The summed E-state index contributed by atoms with van der Waals surface area (Å²) in [5.41, 5.74) is 10.6. The highest BCUT2D eigenvalue weighted by Crippen LogP contribution is 2.37. The van der Waals surface area contributed by atoms with Gasteiger partial charge in [0, 0.05) is 62.0 Å². The number of benzene rings is 4. The van der Waals surface area contributed by atoms with Gasteiger partial charge in [0.05, 0.1) is 5.71 Å². The Bertz CT molecular complexity index is 1740. The summed E-state index contributed by atoms with van der Waals surface area (Å²) in [5.74, 6) is 1.48. The van der Waals surface area contributed by atoms with Crippen LogP contribution < -0.4 is 9.80 Å². The number of anilines is 2. The molecular formula is C36H33N5. The highest BCUT2D eigenvalue weighted by Gasteiger charge is 2.21. The maximum Gasteiger partial charge on any atom is 0.162 e. The quantitative estimate of drug-likeness (QED) is 0.229. The van der Waals surface area contributed by atoms with Gasteiger partial charge in [0.25, 0.3) is 0 Å². The monoisotopic (exact) mass is 535 g/mol. The third-order valence-corrected chi connectivity index (χ3v) is 7.31. The molecule has 2 heterocycles. The lowest BCUT2D eigenvalue weighted by Crippen LogP contribution is -2.08. The van der Waals surface area contributed by atoms with Crippen LogP contribution in [0, 0.1) is 0 Å². The molecule has 1 aliphatic heterocycles. The smallest absolute Gasteiger partial charge is 0.162 e. The van der Waals surface area contributed by atoms with Crippen molar-refractivity contribution in [1.29, 1.82) is 0 Å². The summed E-state index contributed by atoms with van der Waals surface area (Å²) in [6, 6.07) is 40.0. The van der Waals surface area contributed by atoms with E-state index in [0.29, 0.717) is 5.84 Å². The number of aromatic amines is 1. The molecule has 0 radical (unpaired) electrons. The summed E-state index contributed by atoms with van der Waals surface area (Å²) in [6.07, 6.45) is 2.14. The van der Waals surface area contributed by atoms with E-state index in [-0.39, 0.29) is 0 Å². The van der Waals surface area contributed by atoms with E-state index in [4.69, 9.17) is 9.98 Å². The summed E-state index contributed by atoms with van der Waals surface area (Å²) in [4.78, 5) is 18.1. The SMILES string of the molecule is CN(C)c1ccc(C2=NC(=Nc3[nH]c(-c4ccc(N(C)C)cc4)cc3-c3ccccc3)C(c3ccccc3)=C2)cc1. The fraction of sp³-hybridized carbons (Fsp3) is 0.111. The molecule has 0 amide bonds. The van der Waals surface area contributed by atoms with E-state index in [1.807, 2.05) is 26.2 Å². The van der Waals surface area contributed by atoms with E-state index in [0.717, 1.165) is 62.0 Å². The maximum atomic E-state index is 5.19. The minimum atomic E-state index is 0.691. The van der Waals surface area contributed by atoms with Gasteiger partial charge in [0.2, 0.25) is 0 Å². The molecule has 0 spiro atoms. The predicted molar refractivity (Wildman–Crippen MR) is 175 cm³/mol. The molecule has 4 aromatic carbocycles. The zero-order chi connectivity index (χ0) is 28.3. The highest BCUT2D eigenvalue weighted by molar-refractivity contribution is 6.38. The Morgan fingerprint density at radius 3 is 1.68 bits per heavy atom. The normalized spacial score (nSPS) is 13.7. The van der Waals surface area contributed by atoms with Crippen LogP contribution in [0.1, 0.15) is 11.1 Å². The molecule has 6 rings (SSSR count). The number of nitrogens with zero attached hydrogens (tertiary/aromatic N) is 4. The van der Waals surface area contributed by atoms with Crippen LogP contribution in [0.15, 0.2) is 131 Å². The number of allylic oxidation sites excluding steroid dienone is 1. The molecule has 41 heavy (non-hydrogen) atoms. The van der Waals surface area contributed by atoms with Crippen molar-refractivity contribution < 1.29 is 0 Å². The Hall–Kier alpha value is -5.16. The summed E-state index contributed by atoms with van der Waals surface area (Å²) in [5, 5.41) is 0. The second-order valence-corrected chi connectivity index (χ2v) is 10.6. The van der Waals surface area contributed by atoms with E-state index in [1.54, 1.807) is 0 Å². The average molecular weight is 536 g/mol. The molecule has 0 saturated carbocycles. The fourth-order valence-corrected chi connectivity index (χ4v) is 4.97. The molecule has 5 heteroatoms. The maximum absolute atomic E-state index is 5.19. The average Bonchev–Trinajstić information content (AvgIpc) is 3.63. The number of aromatic nitrogens is 1. The van der Waals surface area contributed by atoms with Crippen molar-refractivity contribution in [2.45, 2.75) is 0 Å². The van der Waals surface area contributed by atoms with E-state index in [9.17, 15) is 0 Å². The largest absolute Gasteiger partial charge is 0.378 e. The zero-order valence-corrected chi connectivity index (χ0v) is 23.8. The van der Waals surface area contributed by atoms with E-state index in [2.05, 4.69) is 138 Å². The van der Waals surface area contributed by atoms with Crippen LogP contribution in [0.25, 0.3) is 28.0 Å².